The van der Waals surface area contributed by atoms with Gasteiger partial charge < -0.3 is 5.11 Å². The van der Waals surface area contributed by atoms with Gasteiger partial charge in [0.2, 0.25) is 0 Å². The van der Waals surface area contributed by atoms with Crippen molar-refractivity contribution in [2.75, 3.05) is 19.7 Å². The Morgan fingerprint density at radius 3 is 2.50 bits per heavy atom. The van der Waals surface area contributed by atoms with E-state index in [1.807, 2.05) is 24.3 Å². The molecule has 2 nitrogen and oxygen atoms in total. The topological polar surface area (TPSA) is 23.5 Å². The number of rotatable bonds is 3. The predicted octanol–water partition coefficient (Wildman–Crippen LogP) is 1.62. The fraction of sp³-hybridized carbons (Fsp3) is 0.500. The van der Waals surface area contributed by atoms with Crippen LogP contribution in [-0.4, -0.2) is 29.7 Å². The first-order chi connectivity index (χ1) is 6.92. The number of aliphatic hydroxyl groups is 1. The van der Waals surface area contributed by atoms with Crippen LogP contribution in [0.25, 0.3) is 0 Å². The van der Waals surface area contributed by atoms with Gasteiger partial charge in [0.25, 0.3) is 0 Å². The minimum Gasteiger partial charge on any atom is -0.394 e. The maximum absolute atomic E-state index is 9.39. The quantitative estimate of drug-likeness (QED) is 0.783. The van der Waals surface area contributed by atoms with Gasteiger partial charge in [-0.05, 0) is 37.6 Å². The third kappa shape index (κ3) is 1.97. The molecule has 1 heterocycles. The Bertz CT molecular complexity index is 267. The molecule has 1 atom stereocenters. The Balaban J connectivity index is 2.12. The van der Waals surface area contributed by atoms with Crippen LogP contribution in [0, 0.1) is 6.07 Å². The molecule has 0 bridgehead atoms. The molecule has 0 unspecified atom stereocenters. The highest BCUT2D eigenvalue weighted by atomic mass is 16.3. The van der Waals surface area contributed by atoms with E-state index in [0.717, 1.165) is 13.1 Å². The average molecular weight is 190 g/mol. The van der Waals surface area contributed by atoms with Crippen LogP contribution in [0.4, 0.5) is 0 Å². The maximum atomic E-state index is 9.39. The summed E-state index contributed by atoms with van der Waals surface area (Å²) in [5, 5.41) is 9.39. The number of nitrogens with zero attached hydrogens (tertiary/aromatic N) is 1. The summed E-state index contributed by atoms with van der Waals surface area (Å²) < 4.78 is 0. The van der Waals surface area contributed by atoms with E-state index in [2.05, 4.69) is 11.0 Å². The van der Waals surface area contributed by atoms with E-state index < -0.39 is 0 Å². The lowest BCUT2D eigenvalue weighted by Crippen LogP contribution is -2.28. The molecule has 2 rings (SSSR count). The molecule has 75 valence electrons. The van der Waals surface area contributed by atoms with Crippen molar-refractivity contribution in [3.05, 3.63) is 35.9 Å². The summed E-state index contributed by atoms with van der Waals surface area (Å²) in [4.78, 5) is 2.36. The second kappa shape index (κ2) is 4.58. The summed E-state index contributed by atoms with van der Waals surface area (Å²) >= 11 is 0. The van der Waals surface area contributed by atoms with Crippen molar-refractivity contribution in [3.8, 4) is 0 Å². The zero-order chi connectivity index (χ0) is 9.80. The molecule has 2 heteroatoms. The average Bonchev–Trinajstić information content (AvgIpc) is 2.74. The minimum absolute atomic E-state index is 0.187. The summed E-state index contributed by atoms with van der Waals surface area (Å²) in [5.74, 6) is 0. The number of likely N-dealkylation sites (tertiary alicyclic amines) is 1. The van der Waals surface area contributed by atoms with Crippen molar-refractivity contribution < 1.29 is 5.11 Å². The van der Waals surface area contributed by atoms with Gasteiger partial charge in [-0.15, -0.1) is 0 Å². The van der Waals surface area contributed by atoms with Gasteiger partial charge in [0.05, 0.1) is 12.6 Å². The summed E-state index contributed by atoms with van der Waals surface area (Å²) in [6.45, 7) is 2.44. The summed E-state index contributed by atoms with van der Waals surface area (Å²) in [6, 6.07) is 11.1. The first kappa shape index (κ1) is 9.69. The molecule has 1 radical (unpaired) electrons. The normalized spacial score (nSPS) is 19.8. The highest BCUT2D eigenvalue weighted by molar-refractivity contribution is 5.18. The second-order valence-corrected chi connectivity index (χ2v) is 3.77. The van der Waals surface area contributed by atoms with E-state index in [-0.39, 0.29) is 12.6 Å². The number of benzene rings is 1. The van der Waals surface area contributed by atoms with Gasteiger partial charge in [-0.3, -0.25) is 4.90 Å². The maximum Gasteiger partial charge on any atom is 0.0628 e. The Morgan fingerprint density at radius 2 is 1.93 bits per heavy atom. The summed E-state index contributed by atoms with van der Waals surface area (Å²) in [7, 11) is 0. The van der Waals surface area contributed by atoms with Crippen molar-refractivity contribution >= 4 is 0 Å². The first-order valence-corrected chi connectivity index (χ1v) is 5.23. The van der Waals surface area contributed by atoms with E-state index in [0.29, 0.717) is 0 Å². The Labute approximate surface area is 85.2 Å². The van der Waals surface area contributed by atoms with Crippen LogP contribution >= 0.6 is 0 Å². The van der Waals surface area contributed by atoms with Crippen molar-refractivity contribution in [2.24, 2.45) is 0 Å². The Morgan fingerprint density at radius 1 is 1.29 bits per heavy atom. The highest BCUT2D eigenvalue weighted by Crippen LogP contribution is 2.23. The molecule has 0 aliphatic carbocycles. The molecule has 1 aromatic carbocycles. The summed E-state index contributed by atoms with van der Waals surface area (Å²) in [5.41, 5.74) is 1.20. The Kier molecular flexibility index (Phi) is 3.17. The lowest BCUT2D eigenvalue weighted by atomic mass is 10.1. The van der Waals surface area contributed by atoms with Gasteiger partial charge in [-0.2, -0.15) is 0 Å². The van der Waals surface area contributed by atoms with Crippen LogP contribution in [-0.2, 0) is 0 Å². The van der Waals surface area contributed by atoms with Crippen LogP contribution in [0.2, 0.25) is 0 Å². The molecule has 0 aromatic heterocycles. The molecule has 1 saturated heterocycles. The van der Waals surface area contributed by atoms with Gasteiger partial charge >= 0.3 is 0 Å². The fourth-order valence-corrected chi connectivity index (χ4v) is 2.11. The van der Waals surface area contributed by atoms with Crippen LogP contribution in [0.3, 0.4) is 0 Å². The number of hydrogen-bond donors (Lipinski definition) is 1. The van der Waals surface area contributed by atoms with E-state index in [1.165, 1.54) is 18.4 Å². The van der Waals surface area contributed by atoms with E-state index in [4.69, 9.17) is 0 Å². The molecule has 1 aliphatic heterocycles. The van der Waals surface area contributed by atoms with Crippen LogP contribution in [0.1, 0.15) is 24.4 Å². The predicted molar refractivity (Wildman–Crippen MR) is 55.9 cm³/mol. The SMILES string of the molecule is OC[C@@H](c1cc[c]cc1)N1CCCC1. The van der Waals surface area contributed by atoms with Crippen LogP contribution < -0.4 is 0 Å². The number of hydrogen-bond acceptors (Lipinski definition) is 2. The Hall–Kier alpha value is -0.860. The van der Waals surface area contributed by atoms with Gasteiger partial charge in [0.1, 0.15) is 0 Å². The molecular formula is C12H16NO. The van der Waals surface area contributed by atoms with Gasteiger partial charge in [0, 0.05) is 0 Å². The highest BCUT2D eigenvalue weighted by Gasteiger charge is 2.22. The fourth-order valence-electron chi connectivity index (χ4n) is 2.11. The minimum atomic E-state index is 0.187. The van der Waals surface area contributed by atoms with E-state index >= 15 is 0 Å². The smallest absolute Gasteiger partial charge is 0.0628 e. The third-order valence-corrected chi connectivity index (χ3v) is 2.88. The van der Waals surface area contributed by atoms with Crippen molar-refractivity contribution in [1.29, 1.82) is 0 Å². The first-order valence-electron chi connectivity index (χ1n) is 5.23. The van der Waals surface area contributed by atoms with Crippen molar-refractivity contribution in [3.63, 3.8) is 0 Å². The number of aliphatic hydroxyl groups excluding tert-OH is 1. The lowest BCUT2D eigenvalue weighted by Gasteiger charge is -2.25. The second-order valence-electron chi connectivity index (χ2n) is 3.77. The van der Waals surface area contributed by atoms with Gasteiger partial charge in [0.15, 0.2) is 0 Å². The monoisotopic (exact) mass is 190 g/mol. The van der Waals surface area contributed by atoms with Gasteiger partial charge in [-0.25, -0.2) is 0 Å². The molecule has 1 aromatic rings. The molecule has 0 spiro atoms. The third-order valence-electron chi connectivity index (χ3n) is 2.88. The molecule has 0 amide bonds. The zero-order valence-electron chi connectivity index (χ0n) is 8.32. The van der Waals surface area contributed by atoms with Crippen LogP contribution in [0.5, 0.6) is 0 Å². The molecule has 0 saturated carbocycles. The van der Waals surface area contributed by atoms with E-state index in [1.54, 1.807) is 0 Å². The van der Waals surface area contributed by atoms with Crippen molar-refractivity contribution in [1.82, 2.24) is 4.90 Å². The zero-order valence-corrected chi connectivity index (χ0v) is 8.32. The van der Waals surface area contributed by atoms with E-state index in [9.17, 15) is 5.11 Å². The van der Waals surface area contributed by atoms with Crippen LogP contribution in [0.15, 0.2) is 24.3 Å². The standard InChI is InChI=1S/C12H16NO/c14-10-12(13-8-4-5-9-13)11-6-2-1-3-7-11/h2-3,6-7,12,14H,4-5,8-10H2/t12-/m0/s1. The van der Waals surface area contributed by atoms with Crippen molar-refractivity contribution in [2.45, 2.75) is 18.9 Å². The molecule has 14 heavy (non-hydrogen) atoms. The molecule has 1 aliphatic rings. The molecular weight excluding hydrogens is 174 g/mol. The summed E-state index contributed by atoms with van der Waals surface area (Å²) in [6.07, 6.45) is 2.52. The largest absolute Gasteiger partial charge is 0.394 e. The van der Waals surface area contributed by atoms with Gasteiger partial charge in [-0.1, -0.05) is 24.3 Å². The lowest BCUT2D eigenvalue weighted by molar-refractivity contribution is 0.147. The molecule has 1 fully saturated rings. The molecule has 1 N–H and O–H groups in total.